The highest BCUT2D eigenvalue weighted by Gasteiger charge is 2.34. The van der Waals surface area contributed by atoms with Crippen molar-refractivity contribution in [2.24, 2.45) is 5.92 Å². The van der Waals surface area contributed by atoms with Crippen LogP contribution < -0.4 is 4.74 Å². The second kappa shape index (κ2) is 10.4. The van der Waals surface area contributed by atoms with Gasteiger partial charge in [-0.2, -0.15) is 0 Å². The second-order valence-corrected chi connectivity index (χ2v) is 8.39. The maximum Gasteiger partial charge on any atom is 0.259 e. The Kier molecular flexibility index (Phi) is 7.64. The van der Waals surface area contributed by atoms with Crippen molar-refractivity contribution >= 4 is 24.0 Å². The van der Waals surface area contributed by atoms with Gasteiger partial charge in [-0.1, -0.05) is 49.4 Å². The van der Waals surface area contributed by atoms with Gasteiger partial charge in [0.25, 0.3) is 5.91 Å². The zero-order valence-corrected chi connectivity index (χ0v) is 19.1. The van der Waals surface area contributed by atoms with Crippen LogP contribution >= 0.6 is 0 Å². The first-order chi connectivity index (χ1) is 15.3. The number of likely N-dealkylation sites (N-methyl/N-ethyl adjacent to an activating group) is 1. The van der Waals surface area contributed by atoms with Gasteiger partial charge in [0.05, 0.1) is 19.2 Å². The molecule has 170 valence electrons. The molecular formula is C25H31N3O4. The van der Waals surface area contributed by atoms with Crippen LogP contribution in [0.1, 0.15) is 42.3 Å². The number of carbonyl (C=O) groups is 2. The van der Waals surface area contributed by atoms with Gasteiger partial charge in [0.1, 0.15) is 11.7 Å². The molecule has 0 spiro atoms. The second-order valence-electron chi connectivity index (χ2n) is 8.39. The summed E-state index contributed by atoms with van der Waals surface area (Å²) in [5, 5.41) is 9.75. The maximum absolute atomic E-state index is 13.4. The molecule has 1 aliphatic heterocycles. The van der Waals surface area contributed by atoms with Gasteiger partial charge in [-0.25, -0.2) is 4.98 Å². The van der Waals surface area contributed by atoms with Crippen molar-refractivity contribution in [2.45, 2.75) is 32.9 Å². The van der Waals surface area contributed by atoms with E-state index in [1.807, 2.05) is 56.3 Å². The average Bonchev–Trinajstić information content (AvgIpc) is 2.80. The van der Waals surface area contributed by atoms with Crippen LogP contribution in [0, 0.1) is 5.92 Å². The molecule has 0 saturated carbocycles. The lowest BCUT2D eigenvalue weighted by Gasteiger charge is -2.37. The Labute approximate surface area is 189 Å². The summed E-state index contributed by atoms with van der Waals surface area (Å²) in [7, 11) is 1.72. The Hall–Kier alpha value is -3.19. The third kappa shape index (κ3) is 5.53. The number of hydrogen-bond donors (Lipinski definition) is 1. The molecular weight excluding hydrogens is 406 g/mol. The largest absolute Gasteiger partial charge is 0.472 e. The van der Waals surface area contributed by atoms with Crippen LogP contribution in [0.3, 0.4) is 0 Å². The number of fused-ring (bicyclic) bond motifs is 1. The zero-order valence-electron chi connectivity index (χ0n) is 19.1. The van der Waals surface area contributed by atoms with Crippen LogP contribution in [0.15, 0.2) is 42.6 Å². The third-order valence-electron chi connectivity index (χ3n) is 5.80. The number of aliphatic hydroxyl groups is 1. The molecule has 1 N–H and O–H groups in total. The van der Waals surface area contributed by atoms with Crippen LogP contribution in [0.2, 0.25) is 0 Å². The predicted octanol–water partition coefficient (Wildman–Crippen LogP) is 2.95. The van der Waals surface area contributed by atoms with Gasteiger partial charge in [-0.3, -0.25) is 9.59 Å². The van der Waals surface area contributed by atoms with Gasteiger partial charge in [-0.05, 0) is 24.1 Å². The smallest absolute Gasteiger partial charge is 0.259 e. The number of carbonyl (C=O) groups excluding carboxylic acids is 2. The molecule has 7 heteroatoms. The molecule has 2 aromatic rings. The molecule has 0 unspecified atom stereocenters. The van der Waals surface area contributed by atoms with Crippen molar-refractivity contribution in [3.05, 3.63) is 59.3 Å². The van der Waals surface area contributed by atoms with Crippen molar-refractivity contribution in [2.75, 3.05) is 26.7 Å². The summed E-state index contributed by atoms with van der Waals surface area (Å²) >= 11 is 0. The molecule has 3 rings (SSSR count). The molecule has 1 aromatic carbocycles. The minimum Gasteiger partial charge on any atom is -0.472 e. The highest BCUT2D eigenvalue weighted by Crippen LogP contribution is 2.28. The summed E-state index contributed by atoms with van der Waals surface area (Å²) in [6.45, 7) is 5.94. The Balaban J connectivity index is 1.98. The van der Waals surface area contributed by atoms with E-state index in [1.165, 1.54) is 6.92 Å². The number of nitrogens with zero attached hydrogens (tertiary/aromatic N) is 3. The molecule has 0 saturated heterocycles. The van der Waals surface area contributed by atoms with E-state index in [0.717, 1.165) is 11.1 Å². The maximum atomic E-state index is 13.4. The number of ether oxygens (including phenoxy) is 1. The van der Waals surface area contributed by atoms with E-state index in [9.17, 15) is 14.7 Å². The zero-order chi connectivity index (χ0) is 23.3. The van der Waals surface area contributed by atoms with Crippen LogP contribution in [0.25, 0.3) is 12.2 Å². The first kappa shape index (κ1) is 23.5. The average molecular weight is 438 g/mol. The van der Waals surface area contributed by atoms with Crippen molar-refractivity contribution < 1.29 is 19.4 Å². The van der Waals surface area contributed by atoms with E-state index in [1.54, 1.807) is 29.1 Å². The summed E-state index contributed by atoms with van der Waals surface area (Å²) in [6.07, 6.45) is 5.18. The summed E-state index contributed by atoms with van der Waals surface area (Å²) in [5.41, 5.74) is 2.16. The van der Waals surface area contributed by atoms with E-state index in [2.05, 4.69) is 4.98 Å². The quantitative estimate of drug-likeness (QED) is 0.751. The van der Waals surface area contributed by atoms with E-state index in [0.29, 0.717) is 18.7 Å². The monoisotopic (exact) mass is 437 g/mol. The molecule has 3 atom stereocenters. The van der Waals surface area contributed by atoms with Crippen molar-refractivity contribution in [3.63, 3.8) is 0 Å². The molecule has 2 amide bonds. The van der Waals surface area contributed by atoms with Gasteiger partial charge >= 0.3 is 0 Å². The molecule has 1 aliphatic rings. The van der Waals surface area contributed by atoms with Crippen LogP contribution in [0.4, 0.5) is 0 Å². The van der Waals surface area contributed by atoms with Crippen molar-refractivity contribution in [1.82, 2.24) is 14.8 Å². The van der Waals surface area contributed by atoms with Crippen LogP contribution in [-0.4, -0.2) is 70.6 Å². The molecule has 2 heterocycles. The topological polar surface area (TPSA) is 83.0 Å². The molecule has 0 bridgehead atoms. The molecule has 0 radical (unpaired) electrons. The lowest BCUT2D eigenvalue weighted by molar-refractivity contribution is -0.129. The number of benzene rings is 1. The number of pyridine rings is 1. The van der Waals surface area contributed by atoms with Crippen LogP contribution in [0.5, 0.6) is 5.88 Å². The van der Waals surface area contributed by atoms with E-state index < -0.39 is 0 Å². The highest BCUT2D eigenvalue weighted by atomic mass is 16.5. The van der Waals surface area contributed by atoms with Gasteiger partial charge in [-0.15, -0.1) is 0 Å². The Bertz CT molecular complexity index is 976. The first-order valence-corrected chi connectivity index (χ1v) is 10.8. The van der Waals surface area contributed by atoms with Gasteiger partial charge in [0.2, 0.25) is 11.8 Å². The normalized spacial score (nSPS) is 19.7. The fourth-order valence-electron chi connectivity index (χ4n) is 3.58. The number of aromatic nitrogens is 1. The summed E-state index contributed by atoms with van der Waals surface area (Å²) in [5.74, 6) is -0.110. The van der Waals surface area contributed by atoms with E-state index in [-0.39, 0.29) is 42.4 Å². The van der Waals surface area contributed by atoms with Crippen LogP contribution in [-0.2, 0) is 4.79 Å². The third-order valence-corrected chi connectivity index (χ3v) is 5.80. The van der Waals surface area contributed by atoms with Gasteiger partial charge in [0, 0.05) is 32.6 Å². The van der Waals surface area contributed by atoms with Crippen molar-refractivity contribution in [1.29, 1.82) is 0 Å². The Morgan fingerprint density at radius 1 is 1.31 bits per heavy atom. The summed E-state index contributed by atoms with van der Waals surface area (Å²) in [6, 6.07) is 11.3. The first-order valence-electron chi connectivity index (χ1n) is 10.8. The Morgan fingerprint density at radius 2 is 2.00 bits per heavy atom. The number of amides is 2. The standard InChI is InChI=1S/C25H31N3O4/c1-17-14-28(18(2)16-29)25(31)22-12-21(11-10-20-8-6-5-7-9-20)13-26-24(22)32-23(17)15-27(4)19(3)30/h5-13,17-18,23,29H,14-16H2,1-4H3/b11-10+/t17-,18+,23-/m0/s1. The highest BCUT2D eigenvalue weighted by molar-refractivity contribution is 5.97. The lowest BCUT2D eigenvalue weighted by atomic mass is 9.99. The molecule has 0 aliphatic carbocycles. The minimum absolute atomic E-state index is 0.0610. The van der Waals surface area contributed by atoms with E-state index >= 15 is 0 Å². The molecule has 1 aromatic heterocycles. The fraction of sp³-hybridized carbons (Fsp3) is 0.400. The Morgan fingerprint density at radius 3 is 2.66 bits per heavy atom. The minimum atomic E-state index is -0.356. The van der Waals surface area contributed by atoms with E-state index in [4.69, 9.17) is 4.74 Å². The van der Waals surface area contributed by atoms with Gasteiger partial charge in [0.15, 0.2) is 0 Å². The molecule has 32 heavy (non-hydrogen) atoms. The van der Waals surface area contributed by atoms with Gasteiger partial charge < -0.3 is 19.6 Å². The number of aliphatic hydroxyl groups excluding tert-OH is 1. The fourth-order valence-corrected chi connectivity index (χ4v) is 3.58. The van der Waals surface area contributed by atoms with Crippen molar-refractivity contribution in [3.8, 4) is 5.88 Å². The number of hydrogen-bond acceptors (Lipinski definition) is 5. The summed E-state index contributed by atoms with van der Waals surface area (Å²) in [4.78, 5) is 32.9. The molecule has 7 nitrogen and oxygen atoms in total. The number of rotatable bonds is 6. The molecule has 0 fully saturated rings. The predicted molar refractivity (Wildman–Crippen MR) is 124 cm³/mol. The SMILES string of the molecule is CC(=O)N(C)C[C@@H]1Oc2ncc(/C=C/c3ccccc3)cc2C(=O)N([C@H](C)CO)C[C@@H]1C. The lowest BCUT2D eigenvalue weighted by Crippen LogP contribution is -2.50. The summed E-state index contributed by atoms with van der Waals surface area (Å²) < 4.78 is 6.18.